The molecule has 3 heterocycles. The molecule has 5 aromatic rings. The first-order chi connectivity index (χ1) is 21.4. The maximum atomic E-state index is 14.1. The number of benzene rings is 3. The highest BCUT2D eigenvalue weighted by Crippen LogP contribution is 2.36. The number of rotatable bonds is 8. The average molecular weight is 623 g/mol. The number of esters is 1. The minimum Gasteiger partial charge on any atom is -0.478 e. The Hall–Kier alpha value is -4.93. The Morgan fingerprint density at radius 1 is 1.02 bits per heavy atom. The topological polar surface area (TPSA) is 111 Å². The Kier molecular flexibility index (Phi) is 8.19. The number of aromatic nitrogens is 1. The molecule has 1 aliphatic rings. The lowest BCUT2D eigenvalue weighted by Gasteiger charge is -2.26. The maximum Gasteiger partial charge on any atom is 0.338 e. The van der Waals surface area contributed by atoms with Gasteiger partial charge in [-0.15, -0.1) is 11.8 Å². The molecular formula is C34H26N2O6S2. The zero-order valence-electron chi connectivity index (χ0n) is 23.7. The highest BCUT2D eigenvalue weighted by atomic mass is 32.2. The van der Waals surface area contributed by atoms with Gasteiger partial charge in [-0.05, 0) is 49.1 Å². The van der Waals surface area contributed by atoms with Gasteiger partial charge in [0.1, 0.15) is 11.5 Å². The first kappa shape index (κ1) is 29.2. The zero-order chi connectivity index (χ0) is 30.8. The molecule has 0 aliphatic carbocycles. The van der Waals surface area contributed by atoms with Crippen LogP contribution in [-0.4, -0.2) is 34.5 Å². The van der Waals surface area contributed by atoms with Crippen molar-refractivity contribution in [3.05, 3.63) is 139 Å². The van der Waals surface area contributed by atoms with E-state index in [-0.39, 0.29) is 23.3 Å². The summed E-state index contributed by atoms with van der Waals surface area (Å²) in [6, 6.07) is 26.3. The summed E-state index contributed by atoms with van der Waals surface area (Å²) in [4.78, 5) is 45.8. The minimum atomic E-state index is -1.07. The summed E-state index contributed by atoms with van der Waals surface area (Å²) in [6.07, 6.45) is 3.59. The van der Waals surface area contributed by atoms with Gasteiger partial charge in [-0.1, -0.05) is 72.0 Å². The van der Waals surface area contributed by atoms with Crippen LogP contribution in [0.1, 0.15) is 40.2 Å². The molecular weight excluding hydrogens is 597 g/mol. The van der Waals surface area contributed by atoms with E-state index in [4.69, 9.17) is 14.1 Å². The van der Waals surface area contributed by atoms with Crippen LogP contribution in [0.15, 0.2) is 116 Å². The van der Waals surface area contributed by atoms with Crippen LogP contribution in [0.5, 0.6) is 0 Å². The fourth-order valence-corrected chi connectivity index (χ4v) is 6.52. The van der Waals surface area contributed by atoms with Gasteiger partial charge in [0.2, 0.25) is 0 Å². The molecule has 10 heteroatoms. The molecule has 44 heavy (non-hydrogen) atoms. The van der Waals surface area contributed by atoms with Crippen molar-refractivity contribution in [1.82, 2.24) is 4.57 Å². The molecule has 0 bridgehead atoms. The van der Waals surface area contributed by atoms with Crippen molar-refractivity contribution >= 4 is 46.8 Å². The molecule has 1 atom stereocenters. The molecule has 8 nitrogen and oxygen atoms in total. The molecule has 0 unspecified atom stereocenters. The number of thioether (sulfide) groups is 1. The van der Waals surface area contributed by atoms with Crippen molar-refractivity contribution in [1.29, 1.82) is 0 Å². The molecule has 1 aliphatic heterocycles. The number of thiazole rings is 1. The molecule has 0 amide bonds. The van der Waals surface area contributed by atoms with Crippen LogP contribution in [0.4, 0.5) is 0 Å². The van der Waals surface area contributed by atoms with E-state index in [9.17, 15) is 19.5 Å². The SMILES string of the molecule is CCOC(=O)C1=C(c2ccccc2)N=c2s/c(=C\c3ccc(-c4ccccc4C(=O)O)o3)c(=O)n2[C@@H]1c1ccc(SC)cc1. The van der Waals surface area contributed by atoms with E-state index in [2.05, 4.69) is 0 Å². The van der Waals surface area contributed by atoms with Crippen molar-refractivity contribution in [3.8, 4) is 11.3 Å². The predicted molar refractivity (Wildman–Crippen MR) is 170 cm³/mol. The molecule has 3 aromatic carbocycles. The van der Waals surface area contributed by atoms with Gasteiger partial charge in [0.15, 0.2) is 4.80 Å². The Morgan fingerprint density at radius 3 is 2.45 bits per heavy atom. The van der Waals surface area contributed by atoms with Gasteiger partial charge in [0.05, 0.1) is 34.0 Å². The first-order valence-electron chi connectivity index (χ1n) is 13.7. The van der Waals surface area contributed by atoms with Gasteiger partial charge >= 0.3 is 11.9 Å². The molecule has 0 fully saturated rings. The van der Waals surface area contributed by atoms with Gasteiger partial charge in [-0.2, -0.15) is 0 Å². The van der Waals surface area contributed by atoms with Crippen molar-refractivity contribution in [3.63, 3.8) is 0 Å². The van der Waals surface area contributed by atoms with E-state index >= 15 is 0 Å². The van der Waals surface area contributed by atoms with E-state index in [1.807, 2.05) is 60.9 Å². The van der Waals surface area contributed by atoms with Gasteiger partial charge in [0, 0.05) is 22.1 Å². The summed E-state index contributed by atoms with van der Waals surface area (Å²) in [7, 11) is 0. The van der Waals surface area contributed by atoms with E-state index in [0.29, 0.717) is 32.1 Å². The second-order valence-electron chi connectivity index (χ2n) is 9.76. The van der Waals surface area contributed by atoms with Gasteiger partial charge in [-0.3, -0.25) is 9.36 Å². The number of carbonyl (C=O) groups excluding carboxylic acids is 1. The number of carboxylic acid groups (broad SMARTS) is 1. The van der Waals surface area contributed by atoms with Crippen LogP contribution in [0.25, 0.3) is 23.1 Å². The summed E-state index contributed by atoms with van der Waals surface area (Å²) < 4.78 is 13.4. The number of carbonyl (C=O) groups is 2. The number of ether oxygens (including phenoxy) is 1. The normalized spacial score (nSPS) is 14.7. The Labute approximate surface area is 260 Å². The third-order valence-corrected chi connectivity index (χ3v) is 8.85. The zero-order valence-corrected chi connectivity index (χ0v) is 25.4. The number of furan rings is 1. The lowest BCUT2D eigenvalue weighted by atomic mass is 9.93. The monoisotopic (exact) mass is 622 g/mol. The fourth-order valence-electron chi connectivity index (χ4n) is 5.13. The minimum absolute atomic E-state index is 0.111. The second kappa shape index (κ2) is 12.4. The summed E-state index contributed by atoms with van der Waals surface area (Å²) in [5, 5.41) is 9.60. The summed E-state index contributed by atoms with van der Waals surface area (Å²) >= 11 is 2.78. The molecule has 0 radical (unpaired) electrons. The van der Waals surface area contributed by atoms with E-state index < -0.39 is 18.0 Å². The Bertz CT molecular complexity index is 2090. The largest absolute Gasteiger partial charge is 0.478 e. The number of nitrogens with zero attached hydrogens (tertiary/aromatic N) is 2. The highest BCUT2D eigenvalue weighted by molar-refractivity contribution is 7.98. The van der Waals surface area contributed by atoms with Crippen LogP contribution in [0.3, 0.4) is 0 Å². The Balaban J connectivity index is 1.55. The van der Waals surface area contributed by atoms with Gasteiger partial charge in [0.25, 0.3) is 5.56 Å². The third-order valence-electron chi connectivity index (χ3n) is 7.13. The van der Waals surface area contributed by atoms with Crippen LogP contribution in [0.2, 0.25) is 0 Å². The molecule has 0 saturated carbocycles. The smallest absolute Gasteiger partial charge is 0.338 e. The van der Waals surface area contributed by atoms with Crippen LogP contribution in [0, 0.1) is 0 Å². The molecule has 1 N–H and O–H groups in total. The summed E-state index contributed by atoms with van der Waals surface area (Å²) in [6.45, 7) is 1.91. The van der Waals surface area contributed by atoms with E-state index in [1.54, 1.807) is 55.1 Å². The van der Waals surface area contributed by atoms with Crippen LogP contribution < -0.4 is 14.9 Å². The third kappa shape index (κ3) is 5.45. The Morgan fingerprint density at radius 2 is 1.75 bits per heavy atom. The molecule has 2 aromatic heterocycles. The lowest BCUT2D eigenvalue weighted by Crippen LogP contribution is -2.40. The van der Waals surface area contributed by atoms with Crippen LogP contribution >= 0.6 is 23.1 Å². The number of aromatic carboxylic acids is 1. The number of hydrogen-bond donors (Lipinski definition) is 1. The van der Waals surface area contributed by atoms with Crippen molar-refractivity contribution in [2.75, 3.05) is 12.9 Å². The number of hydrogen-bond acceptors (Lipinski definition) is 8. The lowest BCUT2D eigenvalue weighted by molar-refractivity contribution is -0.138. The quantitative estimate of drug-likeness (QED) is 0.177. The maximum absolute atomic E-state index is 14.1. The molecule has 0 spiro atoms. The van der Waals surface area contributed by atoms with Gasteiger partial charge < -0.3 is 14.3 Å². The predicted octanol–water partition coefficient (Wildman–Crippen LogP) is 5.62. The van der Waals surface area contributed by atoms with E-state index in [1.165, 1.54) is 22.0 Å². The molecule has 0 saturated heterocycles. The first-order valence-corrected chi connectivity index (χ1v) is 15.8. The molecule has 220 valence electrons. The van der Waals surface area contributed by atoms with Crippen molar-refractivity contribution < 1.29 is 23.8 Å². The number of carboxylic acids is 1. The standard InChI is InChI=1S/C34H26N2O6S2/c1-3-41-33(40)28-29(20-9-5-4-6-10-20)35-34-36(30(28)21-13-16-23(43-2)17-14-21)31(37)27(44-34)19-22-15-18-26(42-22)24-11-7-8-12-25(24)32(38)39/h4-19,30H,3H2,1-2H3,(H,38,39)/b27-19-/t30-/m1/s1. The van der Waals surface area contributed by atoms with Crippen LogP contribution in [-0.2, 0) is 9.53 Å². The second-order valence-corrected chi connectivity index (χ2v) is 11.6. The molecule has 6 rings (SSSR count). The van der Waals surface area contributed by atoms with E-state index in [0.717, 1.165) is 16.0 Å². The highest BCUT2D eigenvalue weighted by Gasteiger charge is 2.35. The van der Waals surface area contributed by atoms with Crippen molar-refractivity contribution in [2.45, 2.75) is 17.9 Å². The van der Waals surface area contributed by atoms with Crippen molar-refractivity contribution in [2.24, 2.45) is 4.99 Å². The van der Waals surface area contributed by atoms with Gasteiger partial charge in [-0.25, -0.2) is 14.6 Å². The number of fused-ring (bicyclic) bond motifs is 1. The fraction of sp³-hybridized carbons (Fsp3) is 0.118. The summed E-state index contributed by atoms with van der Waals surface area (Å²) in [5.74, 6) is -0.871. The summed E-state index contributed by atoms with van der Waals surface area (Å²) in [5.41, 5.74) is 2.40. The average Bonchev–Trinajstić information content (AvgIpc) is 3.64.